The molecule has 0 bridgehead atoms. The summed E-state index contributed by atoms with van der Waals surface area (Å²) in [6.45, 7) is 1.67. The number of benzene rings is 1. The van der Waals surface area contributed by atoms with Gasteiger partial charge >= 0.3 is 0 Å². The Hall–Kier alpha value is -1.26. The van der Waals surface area contributed by atoms with E-state index in [1.54, 1.807) is 14.2 Å². The molecule has 2 heterocycles. The molecule has 2 saturated heterocycles. The highest BCUT2D eigenvalue weighted by atomic mass is 16.5. The second-order valence-corrected chi connectivity index (χ2v) is 5.40. The predicted molar refractivity (Wildman–Crippen MR) is 75.3 cm³/mol. The molecular formula is C16H22O4. The van der Waals surface area contributed by atoms with Crippen molar-refractivity contribution >= 4 is 0 Å². The average molecular weight is 278 g/mol. The van der Waals surface area contributed by atoms with E-state index in [0.29, 0.717) is 12.0 Å². The zero-order valence-corrected chi connectivity index (χ0v) is 12.1. The number of rotatable bonds is 4. The van der Waals surface area contributed by atoms with E-state index < -0.39 is 0 Å². The normalized spacial score (nSPS) is 29.6. The van der Waals surface area contributed by atoms with Crippen LogP contribution < -0.4 is 9.47 Å². The van der Waals surface area contributed by atoms with E-state index in [2.05, 4.69) is 0 Å². The summed E-state index contributed by atoms with van der Waals surface area (Å²) in [6.07, 6.45) is 3.71. The van der Waals surface area contributed by atoms with E-state index in [9.17, 15) is 0 Å². The first-order chi connectivity index (χ1) is 9.83. The Labute approximate surface area is 120 Å². The molecule has 4 nitrogen and oxygen atoms in total. The first-order valence-electron chi connectivity index (χ1n) is 7.28. The van der Waals surface area contributed by atoms with Gasteiger partial charge in [-0.3, -0.25) is 0 Å². The average Bonchev–Trinajstić information content (AvgIpc) is 3.16. The molecule has 0 saturated carbocycles. The first kappa shape index (κ1) is 13.7. The summed E-state index contributed by atoms with van der Waals surface area (Å²) in [5.41, 5.74) is 1.07. The summed E-state index contributed by atoms with van der Waals surface area (Å²) < 4.78 is 22.7. The summed E-state index contributed by atoms with van der Waals surface area (Å²) >= 11 is 0. The second-order valence-electron chi connectivity index (χ2n) is 5.40. The topological polar surface area (TPSA) is 36.9 Å². The molecule has 0 spiro atoms. The minimum Gasteiger partial charge on any atom is -0.497 e. The van der Waals surface area contributed by atoms with Gasteiger partial charge in [-0.05, 0) is 37.5 Å². The molecule has 0 N–H and O–H groups in total. The molecule has 0 unspecified atom stereocenters. The molecule has 3 rings (SSSR count). The summed E-state index contributed by atoms with van der Waals surface area (Å²) in [4.78, 5) is 0. The molecule has 1 aromatic carbocycles. The van der Waals surface area contributed by atoms with Crippen LogP contribution in [0.4, 0.5) is 0 Å². The Morgan fingerprint density at radius 3 is 2.65 bits per heavy atom. The fourth-order valence-electron chi connectivity index (χ4n) is 3.31. The molecule has 4 heteroatoms. The molecule has 2 aliphatic rings. The predicted octanol–water partition coefficient (Wildman–Crippen LogP) is 2.96. The van der Waals surface area contributed by atoms with Gasteiger partial charge in [0.1, 0.15) is 11.5 Å². The zero-order chi connectivity index (χ0) is 13.9. The van der Waals surface area contributed by atoms with Crippen molar-refractivity contribution in [3.63, 3.8) is 0 Å². The van der Waals surface area contributed by atoms with Gasteiger partial charge in [-0.25, -0.2) is 0 Å². The van der Waals surface area contributed by atoms with Crippen molar-refractivity contribution in [3.05, 3.63) is 23.8 Å². The molecule has 20 heavy (non-hydrogen) atoms. The maximum absolute atomic E-state index is 5.99. The van der Waals surface area contributed by atoms with Crippen LogP contribution in [0.5, 0.6) is 11.5 Å². The van der Waals surface area contributed by atoms with Crippen molar-refractivity contribution in [2.75, 3.05) is 27.4 Å². The zero-order valence-electron chi connectivity index (χ0n) is 12.1. The smallest absolute Gasteiger partial charge is 0.124 e. The highest BCUT2D eigenvalue weighted by Gasteiger charge is 2.39. The second kappa shape index (κ2) is 6.02. The van der Waals surface area contributed by atoms with Gasteiger partial charge in [0.25, 0.3) is 0 Å². The van der Waals surface area contributed by atoms with E-state index in [-0.39, 0.29) is 6.10 Å². The summed E-state index contributed by atoms with van der Waals surface area (Å²) in [6, 6.07) is 5.89. The Morgan fingerprint density at radius 2 is 1.95 bits per heavy atom. The molecule has 110 valence electrons. The number of ether oxygens (including phenoxy) is 4. The summed E-state index contributed by atoms with van der Waals surface area (Å²) in [5, 5.41) is 0. The van der Waals surface area contributed by atoms with E-state index in [1.165, 1.54) is 0 Å². The van der Waals surface area contributed by atoms with Crippen molar-refractivity contribution in [2.24, 2.45) is 5.92 Å². The standard InChI is InChI=1S/C16H22O4/c1-17-11-5-6-14(18-2)13(10-11)16-12(7-9-20-16)15-4-3-8-19-15/h5-6,10,12,15-16H,3-4,7-9H2,1-2H3/t12-,15-,16-/m1/s1. The van der Waals surface area contributed by atoms with Crippen LogP contribution in [-0.2, 0) is 9.47 Å². The Morgan fingerprint density at radius 1 is 1.05 bits per heavy atom. The van der Waals surface area contributed by atoms with Gasteiger partial charge < -0.3 is 18.9 Å². The SMILES string of the molecule is COc1ccc(OC)c([C@@H]2OCC[C@@H]2[C@H]2CCCO2)c1. The van der Waals surface area contributed by atoms with E-state index in [4.69, 9.17) is 18.9 Å². The van der Waals surface area contributed by atoms with E-state index in [1.807, 2.05) is 18.2 Å². The maximum atomic E-state index is 5.99. The minimum absolute atomic E-state index is 0.0446. The molecule has 1 aromatic rings. The Balaban J connectivity index is 1.89. The summed E-state index contributed by atoms with van der Waals surface area (Å²) in [5.74, 6) is 2.11. The van der Waals surface area contributed by atoms with Crippen molar-refractivity contribution in [1.29, 1.82) is 0 Å². The lowest BCUT2D eigenvalue weighted by Crippen LogP contribution is -2.23. The van der Waals surface area contributed by atoms with Crippen LogP contribution in [0.15, 0.2) is 18.2 Å². The molecule has 0 radical (unpaired) electrons. The minimum atomic E-state index is 0.0446. The molecule has 0 amide bonds. The molecule has 2 aliphatic heterocycles. The van der Waals surface area contributed by atoms with E-state index >= 15 is 0 Å². The highest BCUT2D eigenvalue weighted by Crippen LogP contribution is 2.44. The first-order valence-corrected chi connectivity index (χ1v) is 7.28. The van der Waals surface area contributed by atoms with Crippen molar-refractivity contribution in [2.45, 2.75) is 31.5 Å². The van der Waals surface area contributed by atoms with Gasteiger partial charge in [0, 0.05) is 24.7 Å². The van der Waals surface area contributed by atoms with Crippen molar-refractivity contribution in [1.82, 2.24) is 0 Å². The Bertz CT molecular complexity index is 454. The Kier molecular flexibility index (Phi) is 4.13. The molecular weight excluding hydrogens is 256 g/mol. The number of hydrogen-bond donors (Lipinski definition) is 0. The van der Waals surface area contributed by atoms with Crippen LogP contribution in [0, 0.1) is 5.92 Å². The largest absolute Gasteiger partial charge is 0.497 e. The van der Waals surface area contributed by atoms with Gasteiger partial charge in [0.05, 0.1) is 26.4 Å². The van der Waals surface area contributed by atoms with Crippen molar-refractivity contribution in [3.8, 4) is 11.5 Å². The fourth-order valence-corrected chi connectivity index (χ4v) is 3.31. The molecule has 2 fully saturated rings. The fraction of sp³-hybridized carbons (Fsp3) is 0.625. The lowest BCUT2D eigenvalue weighted by molar-refractivity contribution is 0.0137. The monoisotopic (exact) mass is 278 g/mol. The van der Waals surface area contributed by atoms with Crippen molar-refractivity contribution < 1.29 is 18.9 Å². The van der Waals surface area contributed by atoms with Crippen LogP contribution in [-0.4, -0.2) is 33.5 Å². The van der Waals surface area contributed by atoms with Gasteiger partial charge in [-0.2, -0.15) is 0 Å². The highest BCUT2D eigenvalue weighted by molar-refractivity contribution is 5.42. The third-order valence-corrected chi connectivity index (χ3v) is 4.32. The number of methoxy groups -OCH3 is 2. The van der Waals surface area contributed by atoms with Gasteiger partial charge in [-0.15, -0.1) is 0 Å². The van der Waals surface area contributed by atoms with E-state index in [0.717, 1.165) is 49.5 Å². The van der Waals surface area contributed by atoms with Crippen LogP contribution in [0.1, 0.15) is 30.9 Å². The van der Waals surface area contributed by atoms with Gasteiger partial charge in [0.15, 0.2) is 0 Å². The van der Waals surface area contributed by atoms with Gasteiger partial charge in [0.2, 0.25) is 0 Å². The van der Waals surface area contributed by atoms with Crippen LogP contribution in [0.25, 0.3) is 0 Å². The maximum Gasteiger partial charge on any atom is 0.124 e. The quantitative estimate of drug-likeness (QED) is 0.848. The molecule has 0 aliphatic carbocycles. The van der Waals surface area contributed by atoms with Crippen LogP contribution >= 0.6 is 0 Å². The third-order valence-electron chi connectivity index (χ3n) is 4.32. The van der Waals surface area contributed by atoms with Gasteiger partial charge in [-0.1, -0.05) is 0 Å². The van der Waals surface area contributed by atoms with Crippen LogP contribution in [0.3, 0.4) is 0 Å². The third kappa shape index (κ3) is 2.50. The van der Waals surface area contributed by atoms with Crippen LogP contribution in [0.2, 0.25) is 0 Å². The molecule has 3 atom stereocenters. The number of hydrogen-bond acceptors (Lipinski definition) is 4. The molecule has 0 aromatic heterocycles. The summed E-state index contributed by atoms with van der Waals surface area (Å²) in [7, 11) is 3.37. The lowest BCUT2D eigenvalue weighted by Gasteiger charge is -2.25. The lowest BCUT2D eigenvalue weighted by atomic mass is 9.88.